The molecule has 1 spiro atoms. The molecule has 1 saturated carbocycles. The molecule has 1 fully saturated rings. The van der Waals surface area contributed by atoms with E-state index in [1.165, 1.54) is 18.4 Å². The number of fused-ring (bicyclic) bond motifs is 2. The minimum absolute atomic E-state index is 0.540. The van der Waals surface area contributed by atoms with Crippen molar-refractivity contribution in [2.24, 2.45) is 11.3 Å². The highest BCUT2D eigenvalue weighted by atomic mass is 14.6. The van der Waals surface area contributed by atoms with Gasteiger partial charge in [0, 0.05) is 5.41 Å². The fourth-order valence-electron chi connectivity index (χ4n) is 3.28. The third kappa shape index (κ3) is 0.639. The second-order valence-corrected chi connectivity index (χ2v) is 4.77. The van der Waals surface area contributed by atoms with Gasteiger partial charge in [-0.05, 0) is 35.5 Å². The van der Waals surface area contributed by atoms with Gasteiger partial charge in [-0.3, -0.25) is 0 Å². The topological polar surface area (TPSA) is 0 Å². The Morgan fingerprint density at radius 3 is 3.14 bits per heavy atom. The second-order valence-electron chi connectivity index (χ2n) is 4.77. The molecular weight excluding hydrogens is 168 g/mol. The fourth-order valence-corrected chi connectivity index (χ4v) is 3.28. The highest BCUT2D eigenvalue weighted by molar-refractivity contribution is 5.82. The molecule has 0 radical (unpaired) electrons. The summed E-state index contributed by atoms with van der Waals surface area (Å²) in [6.45, 7) is 0. The van der Waals surface area contributed by atoms with Crippen LogP contribution in [0.5, 0.6) is 0 Å². The Bertz CT molecular complexity index is 479. The number of allylic oxidation sites excluding steroid dienone is 4. The predicted octanol–water partition coefficient (Wildman–Crippen LogP) is 3.20. The first kappa shape index (κ1) is 7.05. The third-order valence-corrected chi connectivity index (χ3v) is 4.09. The molecule has 0 saturated heterocycles. The van der Waals surface area contributed by atoms with Crippen LogP contribution in [0.3, 0.4) is 0 Å². The van der Waals surface area contributed by atoms with Gasteiger partial charge in [-0.25, -0.2) is 0 Å². The molecule has 0 heterocycles. The summed E-state index contributed by atoms with van der Waals surface area (Å²) in [6.07, 6.45) is 9.62. The lowest BCUT2D eigenvalue weighted by Crippen LogP contribution is -2.03. The molecule has 0 aliphatic heterocycles. The van der Waals surface area contributed by atoms with Gasteiger partial charge >= 0.3 is 0 Å². The lowest BCUT2D eigenvalue weighted by Gasteiger charge is -2.13. The largest absolute Gasteiger partial charge is 0.0805 e. The summed E-state index contributed by atoms with van der Waals surface area (Å²) in [5.74, 6) is 0.842. The summed E-state index contributed by atoms with van der Waals surface area (Å²) in [7, 11) is 0. The maximum Gasteiger partial charge on any atom is 0.00686 e. The lowest BCUT2D eigenvalue weighted by atomic mass is 9.90. The number of hydrogen-bond acceptors (Lipinski definition) is 0. The van der Waals surface area contributed by atoms with E-state index in [-0.39, 0.29) is 0 Å². The van der Waals surface area contributed by atoms with Gasteiger partial charge in [0.05, 0.1) is 0 Å². The van der Waals surface area contributed by atoms with Crippen molar-refractivity contribution in [1.82, 2.24) is 0 Å². The Morgan fingerprint density at radius 1 is 1.21 bits per heavy atom. The molecule has 68 valence electrons. The average molecular weight is 180 g/mol. The van der Waals surface area contributed by atoms with Crippen molar-refractivity contribution in [3.05, 3.63) is 53.6 Å². The molecule has 1 aromatic rings. The first-order valence-corrected chi connectivity index (χ1v) is 5.37. The van der Waals surface area contributed by atoms with E-state index in [1.807, 2.05) is 0 Å². The van der Waals surface area contributed by atoms with Crippen LogP contribution >= 0.6 is 0 Å². The predicted molar refractivity (Wildman–Crippen MR) is 57.8 cm³/mol. The molecule has 2 atom stereocenters. The maximum absolute atomic E-state index is 2.38. The summed E-state index contributed by atoms with van der Waals surface area (Å²) in [4.78, 5) is 0. The van der Waals surface area contributed by atoms with Crippen LogP contribution in [0.15, 0.2) is 42.5 Å². The van der Waals surface area contributed by atoms with Crippen LogP contribution in [-0.4, -0.2) is 0 Å². The van der Waals surface area contributed by atoms with Gasteiger partial charge in [0.1, 0.15) is 0 Å². The first-order valence-electron chi connectivity index (χ1n) is 5.37. The molecule has 0 amide bonds. The second kappa shape index (κ2) is 2.03. The van der Waals surface area contributed by atoms with E-state index in [0.29, 0.717) is 5.41 Å². The zero-order chi connectivity index (χ0) is 9.17. The Labute approximate surface area is 84.0 Å². The Hall–Kier alpha value is -1.30. The van der Waals surface area contributed by atoms with E-state index in [2.05, 4.69) is 42.5 Å². The summed E-state index contributed by atoms with van der Waals surface area (Å²) in [5.41, 5.74) is 5.23. The monoisotopic (exact) mass is 180 g/mol. The average Bonchev–Trinajstić information content (AvgIpc) is 2.83. The fraction of sp³-hybridized carbons (Fsp3) is 0.286. The van der Waals surface area contributed by atoms with E-state index in [4.69, 9.17) is 0 Å². The van der Waals surface area contributed by atoms with Crippen molar-refractivity contribution >= 4 is 5.57 Å². The SMILES string of the molecule is C1=CC2CC23Cc2ccccc2C3=C1. The summed E-state index contributed by atoms with van der Waals surface area (Å²) in [5, 5.41) is 0. The van der Waals surface area contributed by atoms with E-state index >= 15 is 0 Å². The van der Waals surface area contributed by atoms with Gasteiger partial charge in [-0.2, -0.15) is 0 Å². The minimum Gasteiger partial charge on any atom is -0.0805 e. The Kier molecular flexibility index (Phi) is 1.02. The molecule has 4 rings (SSSR count). The van der Waals surface area contributed by atoms with Crippen LogP contribution in [0.25, 0.3) is 5.57 Å². The van der Waals surface area contributed by atoms with Crippen LogP contribution < -0.4 is 0 Å². The minimum atomic E-state index is 0.540. The molecule has 3 aliphatic carbocycles. The van der Waals surface area contributed by atoms with Crippen molar-refractivity contribution in [3.63, 3.8) is 0 Å². The van der Waals surface area contributed by atoms with E-state index in [9.17, 15) is 0 Å². The van der Waals surface area contributed by atoms with Crippen LogP contribution in [0.2, 0.25) is 0 Å². The van der Waals surface area contributed by atoms with Crippen LogP contribution in [-0.2, 0) is 6.42 Å². The van der Waals surface area contributed by atoms with E-state index in [1.54, 1.807) is 11.1 Å². The normalized spacial score (nSPS) is 35.7. The highest BCUT2D eigenvalue weighted by Crippen LogP contribution is 2.68. The van der Waals surface area contributed by atoms with Crippen molar-refractivity contribution in [2.45, 2.75) is 12.8 Å². The van der Waals surface area contributed by atoms with Crippen molar-refractivity contribution in [3.8, 4) is 0 Å². The van der Waals surface area contributed by atoms with Crippen LogP contribution in [0.4, 0.5) is 0 Å². The molecule has 2 unspecified atom stereocenters. The quantitative estimate of drug-likeness (QED) is 0.575. The standard InChI is InChI=1S/C14H12/c1-2-6-12-10(4-1)8-14-9-11(14)5-3-7-13(12)14/h1-7,11H,8-9H2. The number of benzene rings is 1. The van der Waals surface area contributed by atoms with Gasteiger partial charge < -0.3 is 0 Å². The zero-order valence-electron chi connectivity index (χ0n) is 8.03. The zero-order valence-corrected chi connectivity index (χ0v) is 8.03. The molecule has 0 bridgehead atoms. The van der Waals surface area contributed by atoms with Crippen molar-refractivity contribution in [1.29, 1.82) is 0 Å². The molecule has 3 aliphatic rings. The van der Waals surface area contributed by atoms with Crippen molar-refractivity contribution < 1.29 is 0 Å². The van der Waals surface area contributed by atoms with Gasteiger partial charge in [-0.1, -0.05) is 42.5 Å². The Balaban J connectivity index is 2.00. The molecule has 0 nitrogen and oxygen atoms in total. The number of rotatable bonds is 0. The smallest absolute Gasteiger partial charge is 0.00686 e. The van der Waals surface area contributed by atoms with Gasteiger partial charge in [-0.15, -0.1) is 0 Å². The molecule has 0 N–H and O–H groups in total. The van der Waals surface area contributed by atoms with Crippen molar-refractivity contribution in [2.75, 3.05) is 0 Å². The highest BCUT2D eigenvalue weighted by Gasteiger charge is 2.59. The van der Waals surface area contributed by atoms with E-state index < -0.39 is 0 Å². The third-order valence-electron chi connectivity index (χ3n) is 4.09. The molecule has 1 aromatic carbocycles. The van der Waals surface area contributed by atoms with Gasteiger partial charge in [0.2, 0.25) is 0 Å². The lowest BCUT2D eigenvalue weighted by molar-refractivity contribution is 0.656. The molecule has 0 heteroatoms. The molecule has 14 heavy (non-hydrogen) atoms. The molecule has 0 aromatic heterocycles. The summed E-state index contributed by atoms with van der Waals surface area (Å²) in [6, 6.07) is 8.90. The number of hydrogen-bond donors (Lipinski definition) is 0. The maximum atomic E-state index is 2.38. The van der Waals surface area contributed by atoms with E-state index in [0.717, 1.165) is 5.92 Å². The molecular formula is C14H12. The van der Waals surface area contributed by atoms with Crippen LogP contribution in [0, 0.1) is 11.3 Å². The Morgan fingerprint density at radius 2 is 2.14 bits per heavy atom. The van der Waals surface area contributed by atoms with Crippen LogP contribution in [0.1, 0.15) is 17.5 Å². The van der Waals surface area contributed by atoms with Gasteiger partial charge in [0.25, 0.3) is 0 Å². The first-order chi connectivity index (χ1) is 6.90. The summed E-state index contributed by atoms with van der Waals surface area (Å²) < 4.78 is 0. The van der Waals surface area contributed by atoms with Gasteiger partial charge in [0.15, 0.2) is 0 Å². The summed E-state index contributed by atoms with van der Waals surface area (Å²) >= 11 is 0.